The van der Waals surface area contributed by atoms with Crippen LogP contribution < -0.4 is 11.1 Å². The Kier molecular flexibility index (Phi) is 4.48. The van der Waals surface area contributed by atoms with Gasteiger partial charge < -0.3 is 11.1 Å². The van der Waals surface area contributed by atoms with Crippen molar-refractivity contribution >= 4 is 28.9 Å². The van der Waals surface area contributed by atoms with Gasteiger partial charge in [0.25, 0.3) is 0 Å². The molecular formula is C16H16ClFN2O. The van der Waals surface area contributed by atoms with Gasteiger partial charge in [-0.25, -0.2) is 4.39 Å². The quantitative estimate of drug-likeness (QED) is 0.846. The normalized spacial score (nSPS) is 10.5. The lowest BCUT2D eigenvalue weighted by atomic mass is 10.1. The minimum atomic E-state index is -0.483. The molecular weight excluding hydrogens is 291 g/mol. The van der Waals surface area contributed by atoms with E-state index in [0.29, 0.717) is 11.4 Å². The number of carbonyl (C=O) groups is 1. The van der Waals surface area contributed by atoms with E-state index in [4.69, 9.17) is 17.3 Å². The van der Waals surface area contributed by atoms with Crippen molar-refractivity contribution in [2.24, 2.45) is 0 Å². The minimum Gasteiger partial charge on any atom is -0.399 e. The second-order valence-corrected chi connectivity index (χ2v) is 5.36. The number of nitrogens with one attached hydrogen (secondary N) is 1. The highest BCUT2D eigenvalue weighted by atomic mass is 35.5. The van der Waals surface area contributed by atoms with Crippen LogP contribution >= 0.6 is 11.6 Å². The number of anilines is 2. The number of hydrogen-bond acceptors (Lipinski definition) is 2. The molecule has 0 aromatic heterocycles. The van der Waals surface area contributed by atoms with Crippen LogP contribution in [0.4, 0.5) is 15.8 Å². The van der Waals surface area contributed by atoms with Gasteiger partial charge in [-0.05, 0) is 49.2 Å². The first kappa shape index (κ1) is 15.3. The largest absolute Gasteiger partial charge is 0.399 e. The average molecular weight is 307 g/mol. The van der Waals surface area contributed by atoms with Crippen LogP contribution in [-0.4, -0.2) is 5.91 Å². The van der Waals surface area contributed by atoms with E-state index in [2.05, 4.69) is 5.32 Å². The molecule has 0 aliphatic rings. The molecule has 0 unspecified atom stereocenters. The van der Waals surface area contributed by atoms with E-state index in [1.165, 1.54) is 12.1 Å². The first-order valence-electron chi connectivity index (χ1n) is 6.48. The van der Waals surface area contributed by atoms with Crippen LogP contribution in [0, 0.1) is 19.7 Å². The van der Waals surface area contributed by atoms with Crippen molar-refractivity contribution in [2.45, 2.75) is 20.3 Å². The second-order valence-electron chi connectivity index (χ2n) is 4.95. The summed E-state index contributed by atoms with van der Waals surface area (Å²) >= 11 is 5.92. The Labute approximate surface area is 127 Å². The molecule has 110 valence electrons. The summed E-state index contributed by atoms with van der Waals surface area (Å²) in [5.41, 5.74) is 9.00. The number of carbonyl (C=O) groups excluding carboxylic acids is 1. The van der Waals surface area contributed by atoms with Gasteiger partial charge in [0, 0.05) is 22.0 Å². The lowest BCUT2D eigenvalue weighted by Crippen LogP contribution is -2.17. The average Bonchev–Trinajstić information content (AvgIpc) is 2.38. The topological polar surface area (TPSA) is 55.1 Å². The highest BCUT2D eigenvalue weighted by Gasteiger charge is 2.14. The van der Waals surface area contributed by atoms with Gasteiger partial charge in [0.1, 0.15) is 5.82 Å². The first-order valence-corrected chi connectivity index (χ1v) is 6.85. The molecule has 0 radical (unpaired) electrons. The number of halogens is 2. The maximum atomic E-state index is 13.7. The molecule has 5 heteroatoms. The summed E-state index contributed by atoms with van der Waals surface area (Å²) in [4.78, 5) is 12.1. The predicted octanol–water partition coefficient (Wildman–Crippen LogP) is 3.86. The van der Waals surface area contributed by atoms with Crippen molar-refractivity contribution < 1.29 is 9.18 Å². The minimum absolute atomic E-state index is 0.116. The zero-order chi connectivity index (χ0) is 15.6. The van der Waals surface area contributed by atoms with Gasteiger partial charge in [-0.3, -0.25) is 4.79 Å². The highest BCUT2D eigenvalue weighted by Crippen LogP contribution is 2.24. The molecule has 2 aromatic rings. The van der Waals surface area contributed by atoms with E-state index < -0.39 is 5.82 Å². The number of nitrogens with two attached hydrogens (primary N) is 1. The van der Waals surface area contributed by atoms with Crippen LogP contribution in [0.5, 0.6) is 0 Å². The van der Waals surface area contributed by atoms with Crippen molar-refractivity contribution in [1.29, 1.82) is 0 Å². The summed E-state index contributed by atoms with van der Waals surface area (Å²) < 4.78 is 13.7. The summed E-state index contributed by atoms with van der Waals surface area (Å²) in [5, 5.41) is 3.04. The van der Waals surface area contributed by atoms with Gasteiger partial charge in [-0.1, -0.05) is 17.7 Å². The lowest BCUT2D eigenvalue weighted by molar-refractivity contribution is -0.115. The maximum Gasteiger partial charge on any atom is 0.228 e. The standard InChI is InChI=1S/C16H16ClFN2O/c1-9-6-11(19)7-10(2)16(9)20-15(21)8-12-13(17)4-3-5-14(12)18/h3-7H,8,19H2,1-2H3,(H,20,21). The fraction of sp³-hybridized carbons (Fsp3) is 0.188. The molecule has 2 aromatic carbocycles. The maximum absolute atomic E-state index is 13.7. The molecule has 2 rings (SSSR count). The van der Waals surface area contributed by atoms with Crippen LogP contribution in [0.2, 0.25) is 5.02 Å². The number of aryl methyl sites for hydroxylation is 2. The second kappa shape index (κ2) is 6.14. The van der Waals surface area contributed by atoms with E-state index >= 15 is 0 Å². The van der Waals surface area contributed by atoms with Crippen molar-refractivity contribution in [3.8, 4) is 0 Å². The smallest absolute Gasteiger partial charge is 0.228 e. The van der Waals surface area contributed by atoms with Crippen molar-refractivity contribution in [3.63, 3.8) is 0 Å². The van der Waals surface area contributed by atoms with Gasteiger partial charge in [-0.15, -0.1) is 0 Å². The molecule has 0 spiro atoms. The van der Waals surface area contributed by atoms with Crippen LogP contribution in [0.1, 0.15) is 16.7 Å². The Bertz CT molecular complexity index is 657. The number of benzene rings is 2. The van der Waals surface area contributed by atoms with Crippen LogP contribution in [-0.2, 0) is 11.2 Å². The Morgan fingerprint density at radius 1 is 1.29 bits per heavy atom. The van der Waals surface area contributed by atoms with Crippen molar-refractivity contribution in [1.82, 2.24) is 0 Å². The predicted molar refractivity (Wildman–Crippen MR) is 84.1 cm³/mol. The van der Waals surface area contributed by atoms with E-state index in [9.17, 15) is 9.18 Å². The number of amides is 1. The number of hydrogen-bond donors (Lipinski definition) is 2. The van der Waals surface area contributed by atoms with Gasteiger partial charge in [0.05, 0.1) is 6.42 Å². The van der Waals surface area contributed by atoms with E-state index in [1.807, 2.05) is 13.8 Å². The Balaban J connectivity index is 2.20. The fourth-order valence-corrected chi connectivity index (χ4v) is 2.47. The number of rotatable bonds is 3. The summed E-state index contributed by atoms with van der Waals surface area (Å²) in [6, 6.07) is 7.91. The molecule has 3 N–H and O–H groups in total. The SMILES string of the molecule is Cc1cc(N)cc(C)c1NC(=O)Cc1c(F)cccc1Cl. The van der Waals surface area contributed by atoms with Gasteiger partial charge in [0.2, 0.25) is 5.91 Å². The van der Waals surface area contributed by atoms with Gasteiger partial charge in [-0.2, -0.15) is 0 Å². The Morgan fingerprint density at radius 2 is 1.90 bits per heavy atom. The van der Waals surface area contributed by atoms with Gasteiger partial charge >= 0.3 is 0 Å². The summed E-state index contributed by atoms with van der Waals surface area (Å²) in [6.45, 7) is 3.71. The zero-order valence-corrected chi connectivity index (χ0v) is 12.6. The molecule has 0 atom stereocenters. The molecule has 0 bridgehead atoms. The van der Waals surface area contributed by atoms with Crippen LogP contribution in [0.15, 0.2) is 30.3 Å². The Hall–Kier alpha value is -2.07. The third-order valence-electron chi connectivity index (χ3n) is 3.22. The highest BCUT2D eigenvalue weighted by molar-refractivity contribution is 6.31. The fourth-order valence-electron chi connectivity index (χ4n) is 2.24. The third kappa shape index (κ3) is 3.52. The lowest BCUT2D eigenvalue weighted by Gasteiger charge is -2.13. The molecule has 0 heterocycles. The van der Waals surface area contributed by atoms with E-state index in [-0.39, 0.29) is 22.9 Å². The van der Waals surface area contributed by atoms with E-state index in [0.717, 1.165) is 11.1 Å². The molecule has 21 heavy (non-hydrogen) atoms. The van der Waals surface area contributed by atoms with Crippen LogP contribution in [0.25, 0.3) is 0 Å². The summed E-state index contributed by atoms with van der Waals surface area (Å²) in [7, 11) is 0. The monoisotopic (exact) mass is 306 g/mol. The molecule has 1 amide bonds. The molecule has 0 saturated carbocycles. The van der Waals surface area contributed by atoms with Crippen molar-refractivity contribution in [3.05, 3.63) is 57.9 Å². The third-order valence-corrected chi connectivity index (χ3v) is 3.57. The molecule has 0 aliphatic heterocycles. The number of nitrogen functional groups attached to an aromatic ring is 1. The Morgan fingerprint density at radius 3 is 2.48 bits per heavy atom. The van der Waals surface area contributed by atoms with Crippen molar-refractivity contribution in [2.75, 3.05) is 11.1 Å². The van der Waals surface area contributed by atoms with Crippen LogP contribution in [0.3, 0.4) is 0 Å². The van der Waals surface area contributed by atoms with Gasteiger partial charge in [0.15, 0.2) is 0 Å². The molecule has 0 fully saturated rings. The molecule has 0 aliphatic carbocycles. The summed E-state index contributed by atoms with van der Waals surface area (Å²) in [6.07, 6.45) is -0.116. The van der Waals surface area contributed by atoms with E-state index in [1.54, 1.807) is 18.2 Å². The zero-order valence-electron chi connectivity index (χ0n) is 11.8. The summed E-state index contributed by atoms with van der Waals surface area (Å²) in [5.74, 6) is -0.804. The molecule has 0 saturated heterocycles. The molecule has 3 nitrogen and oxygen atoms in total. The first-order chi connectivity index (χ1) is 9.88.